The van der Waals surface area contributed by atoms with Crippen molar-refractivity contribution in [1.82, 2.24) is 14.9 Å². The van der Waals surface area contributed by atoms with Gasteiger partial charge >= 0.3 is 0 Å². The second kappa shape index (κ2) is 6.01. The van der Waals surface area contributed by atoms with Crippen molar-refractivity contribution in [3.05, 3.63) is 75.3 Å². The Morgan fingerprint density at radius 3 is 2.76 bits per heavy atom. The molecule has 2 atom stereocenters. The number of fused-ring (bicyclic) bond motifs is 2. The Kier molecular flexibility index (Phi) is 3.81. The van der Waals surface area contributed by atoms with Crippen LogP contribution in [0.2, 0.25) is 5.02 Å². The largest absolute Gasteiger partial charge is 0.345 e. The summed E-state index contributed by atoms with van der Waals surface area (Å²) in [4.78, 5) is 30.3. The molecule has 2 heterocycles. The second-order valence-corrected chi connectivity index (χ2v) is 6.68. The molecular formula is C19H16ClN3O2. The van der Waals surface area contributed by atoms with Crippen LogP contribution in [0.5, 0.6) is 0 Å². The van der Waals surface area contributed by atoms with Crippen LogP contribution in [0.1, 0.15) is 30.4 Å². The van der Waals surface area contributed by atoms with E-state index in [0.29, 0.717) is 28.2 Å². The second-order valence-electron chi connectivity index (χ2n) is 6.24. The zero-order valence-electron chi connectivity index (χ0n) is 13.6. The maximum atomic E-state index is 13.0. The standard InChI is InChI=1S/C19H16ClN3O2/c1-11-17-22-15-8-3-2-7-14(15)19(25)23(17)16(18(24)21-11)10-12-5-4-6-13(20)9-12/h2-9,11,16H,10H2,1H3,(H,21,24)/t11-,16+/m0/s1. The Morgan fingerprint density at radius 1 is 1.16 bits per heavy atom. The molecule has 0 aliphatic carbocycles. The first-order valence-corrected chi connectivity index (χ1v) is 8.48. The summed E-state index contributed by atoms with van der Waals surface area (Å²) >= 11 is 6.05. The van der Waals surface area contributed by atoms with Crippen molar-refractivity contribution in [3.63, 3.8) is 0 Å². The molecule has 1 N–H and O–H groups in total. The number of benzene rings is 2. The van der Waals surface area contributed by atoms with Crippen LogP contribution in [-0.4, -0.2) is 15.5 Å². The summed E-state index contributed by atoms with van der Waals surface area (Å²) in [5, 5.41) is 4.04. The highest BCUT2D eigenvalue weighted by Crippen LogP contribution is 2.26. The molecule has 1 aliphatic heterocycles. The van der Waals surface area contributed by atoms with Gasteiger partial charge in [0, 0.05) is 11.4 Å². The summed E-state index contributed by atoms with van der Waals surface area (Å²) in [6.45, 7) is 1.83. The van der Waals surface area contributed by atoms with Crippen molar-refractivity contribution in [2.75, 3.05) is 0 Å². The third kappa shape index (κ3) is 2.70. The Balaban J connectivity index is 1.90. The smallest absolute Gasteiger partial charge is 0.262 e. The fourth-order valence-electron chi connectivity index (χ4n) is 3.33. The van der Waals surface area contributed by atoms with Crippen molar-refractivity contribution in [1.29, 1.82) is 0 Å². The molecule has 0 saturated carbocycles. The van der Waals surface area contributed by atoms with Gasteiger partial charge in [0.05, 0.1) is 16.9 Å². The highest BCUT2D eigenvalue weighted by atomic mass is 35.5. The van der Waals surface area contributed by atoms with E-state index in [1.165, 1.54) is 4.57 Å². The monoisotopic (exact) mass is 353 g/mol. The molecule has 5 nitrogen and oxygen atoms in total. The lowest BCUT2D eigenvalue weighted by molar-refractivity contribution is -0.126. The Morgan fingerprint density at radius 2 is 1.96 bits per heavy atom. The molecule has 0 fully saturated rings. The molecule has 25 heavy (non-hydrogen) atoms. The van der Waals surface area contributed by atoms with Crippen LogP contribution >= 0.6 is 11.6 Å². The topological polar surface area (TPSA) is 64.0 Å². The zero-order chi connectivity index (χ0) is 17.6. The van der Waals surface area contributed by atoms with Crippen molar-refractivity contribution >= 4 is 28.4 Å². The molecule has 4 rings (SSSR count). The SMILES string of the molecule is C[C@@H]1NC(=O)[C@@H](Cc2cccc(Cl)c2)n2c1nc1ccccc1c2=O. The van der Waals surface area contributed by atoms with Crippen molar-refractivity contribution in [2.45, 2.75) is 25.4 Å². The molecule has 1 aromatic heterocycles. The summed E-state index contributed by atoms with van der Waals surface area (Å²) in [6, 6.07) is 13.6. The van der Waals surface area contributed by atoms with Gasteiger partial charge in [0.1, 0.15) is 11.9 Å². The number of halogens is 1. The molecule has 0 radical (unpaired) electrons. The fraction of sp³-hybridized carbons (Fsp3) is 0.211. The molecule has 1 amide bonds. The van der Waals surface area contributed by atoms with Crippen LogP contribution in [0.25, 0.3) is 10.9 Å². The Labute approximate surface area is 149 Å². The third-order valence-corrected chi connectivity index (χ3v) is 4.75. The van der Waals surface area contributed by atoms with Crippen molar-refractivity contribution in [3.8, 4) is 0 Å². The molecule has 2 aromatic carbocycles. The number of hydrogen-bond donors (Lipinski definition) is 1. The molecule has 0 spiro atoms. The van der Waals surface area contributed by atoms with Crippen LogP contribution in [0.15, 0.2) is 53.3 Å². The Hall–Kier alpha value is -2.66. The number of carbonyl (C=O) groups excluding carboxylic acids is 1. The summed E-state index contributed by atoms with van der Waals surface area (Å²) in [6.07, 6.45) is 0.381. The van der Waals surface area contributed by atoms with E-state index >= 15 is 0 Å². The highest BCUT2D eigenvalue weighted by molar-refractivity contribution is 6.30. The van der Waals surface area contributed by atoms with E-state index < -0.39 is 6.04 Å². The summed E-state index contributed by atoms with van der Waals surface area (Å²) in [5.74, 6) is 0.398. The van der Waals surface area contributed by atoms with Crippen LogP contribution in [0.4, 0.5) is 0 Å². The first-order valence-electron chi connectivity index (χ1n) is 8.10. The van der Waals surface area contributed by atoms with Gasteiger partial charge in [0.25, 0.3) is 5.56 Å². The predicted molar refractivity (Wildman–Crippen MR) is 96.8 cm³/mol. The van der Waals surface area contributed by atoms with Gasteiger partial charge in [0.2, 0.25) is 5.91 Å². The van der Waals surface area contributed by atoms with E-state index in [-0.39, 0.29) is 17.5 Å². The first-order chi connectivity index (χ1) is 12.0. The molecule has 3 aromatic rings. The number of nitrogens with zero attached hydrogens (tertiary/aromatic N) is 2. The third-order valence-electron chi connectivity index (χ3n) is 4.51. The molecular weight excluding hydrogens is 338 g/mol. The number of carbonyl (C=O) groups is 1. The maximum Gasteiger partial charge on any atom is 0.262 e. The normalized spacial score (nSPS) is 19.5. The molecule has 0 bridgehead atoms. The van der Waals surface area contributed by atoms with Gasteiger partial charge in [0.15, 0.2) is 0 Å². The van der Waals surface area contributed by atoms with E-state index in [0.717, 1.165) is 5.56 Å². The van der Waals surface area contributed by atoms with Gasteiger partial charge in [-0.05, 0) is 36.8 Å². The van der Waals surface area contributed by atoms with Gasteiger partial charge in [-0.3, -0.25) is 14.2 Å². The van der Waals surface area contributed by atoms with Crippen LogP contribution in [0, 0.1) is 0 Å². The Bertz CT molecular complexity index is 1040. The van der Waals surface area contributed by atoms with Crippen molar-refractivity contribution < 1.29 is 4.79 Å². The number of amides is 1. The molecule has 6 heteroatoms. The maximum absolute atomic E-state index is 13.0. The molecule has 126 valence electrons. The molecule has 0 saturated heterocycles. The average Bonchev–Trinajstić information content (AvgIpc) is 2.59. The van der Waals surface area contributed by atoms with Crippen LogP contribution in [-0.2, 0) is 11.2 Å². The minimum Gasteiger partial charge on any atom is -0.345 e. The lowest BCUT2D eigenvalue weighted by Crippen LogP contribution is -2.47. The lowest BCUT2D eigenvalue weighted by Gasteiger charge is -2.31. The van der Waals surface area contributed by atoms with Crippen molar-refractivity contribution in [2.24, 2.45) is 0 Å². The number of hydrogen-bond acceptors (Lipinski definition) is 3. The van der Waals surface area contributed by atoms with E-state index in [2.05, 4.69) is 10.3 Å². The van der Waals surface area contributed by atoms with Gasteiger partial charge in [-0.1, -0.05) is 35.9 Å². The number of para-hydroxylation sites is 1. The lowest BCUT2D eigenvalue weighted by atomic mass is 10.0. The first kappa shape index (κ1) is 15.8. The van der Waals surface area contributed by atoms with E-state index in [1.54, 1.807) is 18.2 Å². The average molecular weight is 354 g/mol. The van der Waals surface area contributed by atoms with Gasteiger partial charge < -0.3 is 5.32 Å². The van der Waals surface area contributed by atoms with Gasteiger partial charge in [-0.2, -0.15) is 0 Å². The minimum atomic E-state index is -0.644. The number of nitrogens with one attached hydrogen (secondary N) is 1. The molecule has 1 aliphatic rings. The fourth-order valence-corrected chi connectivity index (χ4v) is 3.55. The summed E-state index contributed by atoms with van der Waals surface area (Å²) in [7, 11) is 0. The summed E-state index contributed by atoms with van der Waals surface area (Å²) < 4.78 is 1.53. The predicted octanol–water partition coefficient (Wildman–Crippen LogP) is 3.02. The highest BCUT2D eigenvalue weighted by Gasteiger charge is 2.33. The minimum absolute atomic E-state index is 0.181. The number of rotatable bonds is 2. The molecule has 0 unspecified atom stereocenters. The van der Waals surface area contributed by atoms with E-state index in [1.807, 2.05) is 37.3 Å². The van der Waals surface area contributed by atoms with E-state index in [4.69, 9.17) is 11.6 Å². The van der Waals surface area contributed by atoms with Crippen LogP contribution in [0.3, 0.4) is 0 Å². The zero-order valence-corrected chi connectivity index (χ0v) is 14.3. The quantitative estimate of drug-likeness (QED) is 0.770. The number of aromatic nitrogens is 2. The van der Waals surface area contributed by atoms with Gasteiger partial charge in [-0.15, -0.1) is 0 Å². The van der Waals surface area contributed by atoms with Crippen LogP contribution < -0.4 is 10.9 Å². The van der Waals surface area contributed by atoms with Gasteiger partial charge in [-0.25, -0.2) is 4.98 Å². The van der Waals surface area contributed by atoms with E-state index in [9.17, 15) is 9.59 Å². The summed E-state index contributed by atoms with van der Waals surface area (Å²) in [5.41, 5.74) is 1.35.